The van der Waals surface area contributed by atoms with Crippen LogP contribution in [0.2, 0.25) is 0 Å². The zero-order valence-corrected chi connectivity index (χ0v) is 14.8. The Bertz CT molecular complexity index is 730. The van der Waals surface area contributed by atoms with Crippen LogP contribution in [0.1, 0.15) is 29.8 Å². The van der Waals surface area contributed by atoms with Gasteiger partial charge in [0.25, 0.3) is 0 Å². The van der Waals surface area contributed by atoms with Crippen molar-refractivity contribution >= 4 is 34.2 Å². The summed E-state index contributed by atoms with van der Waals surface area (Å²) in [6, 6.07) is 7.29. The predicted octanol–water partition coefficient (Wildman–Crippen LogP) is 4.76. The molecule has 0 radical (unpaired) electrons. The Morgan fingerprint density at radius 3 is 2.59 bits per heavy atom. The molecular formula is C19H17IO2. The first-order chi connectivity index (χ1) is 10.5. The Kier molecular flexibility index (Phi) is 5.66. The minimum Gasteiger partial charge on any atom is -0.294 e. The molecule has 22 heavy (non-hydrogen) atoms. The molecule has 0 bridgehead atoms. The van der Waals surface area contributed by atoms with E-state index in [1.165, 1.54) is 3.58 Å². The molecular weight excluding hydrogens is 387 g/mol. The van der Waals surface area contributed by atoms with E-state index in [-0.39, 0.29) is 17.1 Å². The van der Waals surface area contributed by atoms with Crippen molar-refractivity contribution in [2.75, 3.05) is 0 Å². The third kappa shape index (κ3) is 4.13. The number of rotatable bonds is 3. The molecule has 0 N–H and O–H groups in total. The summed E-state index contributed by atoms with van der Waals surface area (Å²) in [4.78, 5) is 24.5. The number of allylic oxidation sites excluding steroid dienone is 8. The lowest BCUT2D eigenvalue weighted by Gasteiger charge is -2.15. The van der Waals surface area contributed by atoms with E-state index in [4.69, 9.17) is 0 Å². The van der Waals surface area contributed by atoms with Gasteiger partial charge in [-0.15, -0.1) is 0 Å². The summed E-state index contributed by atoms with van der Waals surface area (Å²) in [5, 5.41) is 0. The van der Waals surface area contributed by atoms with Crippen LogP contribution in [-0.4, -0.2) is 11.6 Å². The lowest BCUT2D eigenvalue weighted by molar-refractivity contribution is -0.114. The van der Waals surface area contributed by atoms with Crippen molar-refractivity contribution in [3.8, 4) is 0 Å². The average Bonchev–Trinajstić information content (AvgIpc) is 2.48. The summed E-state index contributed by atoms with van der Waals surface area (Å²) < 4.78 is 1.19. The quantitative estimate of drug-likeness (QED) is 0.315. The highest BCUT2D eigenvalue weighted by atomic mass is 127. The third-order valence-corrected chi connectivity index (χ3v) is 3.72. The summed E-state index contributed by atoms with van der Waals surface area (Å²) in [6.45, 7) is 4.00. The van der Waals surface area contributed by atoms with Crippen LogP contribution in [0.5, 0.6) is 0 Å². The van der Waals surface area contributed by atoms with Crippen molar-refractivity contribution in [3.05, 3.63) is 80.5 Å². The zero-order chi connectivity index (χ0) is 16.1. The summed E-state index contributed by atoms with van der Waals surface area (Å²) in [7, 11) is 0. The molecule has 1 aliphatic rings. The number of benzene rings is 1. The van der Waals surface area contributed by atoms with Crippen LogP contribution < -0.4 is 0 Å². The Balaban J connectivity index is 2.22. The average molecular weight is 404 g/mol. The van der Waals surface area contributed by atoms with Gasteiger partial charge in [0.1, 0.15) is 0 Å². The van der Waals surface area contributed by atoms with E-state index in [1.54, 1.807) is 18.2 Å². The molecule has 112 valence electrons. The smallest absolute Gasteiger partial charge is 0.196 e. The molecule has 0 atom stereocenters. The predicted molar refractivity (Wildman–Crippen MR) is 98.2 cm³/mol. The van der Waals surface area contributed by atoms with E-state index >= 15 is 0 Å². The first-order valence-corrected chi connectivity index (χ1v) is 8.12. The number of carbonyl (C=O) groups excluding carboxylic acids is 2. The van der Waals surface area contributed by atoms with Crippen molar-refractivity contribution < 1.29 is 9.59 Å². The first-order valence-electron chi connectivity index (χ1n) is 7.04. The van der Waals surface area contributed by atoms with Crippen LogP contribution in [0.3, 0.4) is 0 Å². The number of hydrogen-bond acceptors (Lipinski definition) is 2. The standard InChI is InChI=1S/C19H17IO2/c1-13(10-11-14(2)20)6-5-9-17-18(21)12-15-7-3-4-8-16(15)19(17)22/h3-11H,12H2,1-2H3/b6-5+,13-10+,14-11+,17-9-. The maximum absolute atomic E-state index is 12.4. The van der Waals surface area contributed by atoms with E-state index in [1.807, 2.05) is 50.3 Å². The number of carbonyl (C=O) groups is 2. The fraction of sp³-hybridized carbons (Fsp3) is 0.158. The minimum absolute atomic E-state index is 0.113. The Morgan fingerprint density at radius 2 is 1.86 bits per heavy atom. The maximum Gasteiger partial charge on any atom is 0.196 e. The van der Waals surface area contributed by atoms with Crippen LogP contribution in [0.4, 0.5) is 0 Å². The molecule has 1 aromatic carbocycles. The van der Waals surface area contributed by atoms with Crippen LogP contribution >= 0.6 is 22.6 Å². The van der Waals surface area contributed by atoms with Crippen LogP contribution in [-0.2, 0) is 11.2 Å². The van der Waals surface area contributed by atoms with E-state index in [2.05, 4.69) is 22.6 Å². The molecule has 2 nitrogen and oxygen atoms in total. The molecule has 0 fully saturated rings. The second-order valence-electron chi connectivity index (χ2n) is 5.19. The summed E-state index contributed by atoms with van der Waals surface area (Å²) in [6.07, 6.45) is 9.59. The molecule has 1 aromatic rings. The molecule has 0 saturated heterocycles. The summed E-state index contributed by atoms with van der Waals surface area (Å²) in [5.41, 5.74) is 2.78. The second-order valence-corrected chi connectivity index (χ2v) is 6.89. The number of fused-ring (bicyclic) bond motifs is 1. The second kappa shape index (κ2) is 7.49. The van der Waals surface area contributed by atoms with Gasteiger partial charge in [-0.3, -0.25) is 9.59 Å². The van der Waals surface area contributed by atoms with Crippen molar-refractivity contribution in [2.45, 2.75) is 20.3 Å². The number of ketones is 2. The largest absolute Gasteiger partial charge is 0.294 e. The lowest BCUT2D eigenvalue weighted by atomic mass is 9.86. The molecule has 0 heterocycles. The van der Waals surface area contributed by atoms with E-state index in [9.17, 15) is 9.59 Å². The van der Waals surface area contributed by atoms with Gasteiger partial charge in [-0.1, -0.05) is 54.1 Å². The van der Waals surface area contributed by atoms with Gasteiger partial charge in [0.05, 0.1) is 5.57 Å². The van der Waals surface area contributed by atoms with Crippen molar-refractivity contribution in [1.29, 1.82) is 0 Å². The molecule has 0 aliphatic heterocycles. The van der Waals surface area contributed by atoms with Gasteiger partial charge < -0.3 is 0 Å². The van der Waals surface area contributed by atoms with Crippen LogP contribution in [0.15, 0.2) is 69.4 Å². The first kappa shape index (κ1) is 16.6. The maximum atomic E-state index is 12.4. The topological polar surface area (TPSA) is 34.1 Å². The number of Topliss-reactive ketones (excluding diaryl/α,β-unsaturated/α-hetero) is 2. The normalized spacial score (nSPS) is 18.2. The molecule has 0 spiro atoms. The molecule has 0 unspecified atom stereocenters. The fourth-order valence-electron chi connectivity index (χ4n) is 2.20. The van der Waals surface area contributed by atoms with Gasteiger partial charge in [0, 0.05) is 12.0 Å². The lowest BCUT2D eigenvalue weighted by Crippen LogP contribution is -2.23. The summed E-state index contributed by atoms with van der Waals surface area (Å²) in [5.74, 6) is -0.292. The van der Waals surface area contributed by atoms with Gasteiger partial charge in [0.2, 0.25) is 0 Å². The molecule has 0 saturated carbocycles. The molecule has 2 rings (SSSR count). The van der Waals surface area contributed by atoms with Crippen molar-refractivity contribution in [1.82, 2.24) is 0 Å². The highest BCUT2D eigenvalue weighted by Crippen LogP contribution is 2.22. The Labute approximate surface area is 144 Å². The molecule has 3 heteroatoms. The third-order valence-electron chi connectivity index (χ3n) is 3.36. The number of halogens is 1. The Hall–Kier alpha value is -1.75. The Morgan fingerprint density at radius 1 is 1.14 bits per heavy atom. The van der Waals surface area contributed by atoms with Crippen LogP contribution in [0, 0.1) is 0 Å². The SMILES string of the molecule is C\C(I)=C/C=C(C)/C=C/C=C1/C(=O)Cc2ccccc2C1=O. The van der Waals surface area contributed by atoms with Gasteiger partial charge in [-0.05, 0) is 51.7 Å². The fourth-order valence-corrected chi connectivity index (χ4v) is 2.38. The van der Waals surface area contributed by atoms with E-state index in [0.29, 0.717) is 12.0 Å². The molecule has 1 aliphatic carbocycles. The highest BCUT2D eigenvalue weighted by Gasteiger charge is 2.27. The van der Waals surface area contributed by atoms with Gasteiger partial charge in [0.15, 0.2) is 11.6 Å². The van der Waals surface area contributed by atoms with Crippen LogP contribution in [0.25, 0.3) is 0 Å². The summed E-state index contributed by atoms with van der Waals surface area (Å²) >= 11 is 2.25. The molecule has 0 aromatic heterocycles. The minimum atomic E-state index is -0.180. The highest BCUT2D eigenvalue weighted by molar-refractivity contribution is 14.1. The van der Waals surface area contributed by atoms with Crippen molar-refractivity contribution in [3.63, 3.8) is 0 Å². The van der Waals surface area contributed by atoms with Gasteiger partial charge in [-0.25, -0.2) is 0 Å². The van der Waals surface area contributed by atoms with Gasteiger partial charge in [-0.2, -0.15) is 0 Å². The number of hydrogen-bond donors (Lipinski definition) is 0. The molecule has 0 amide bonds. The van der Waals surface area contributed by atoms with E-state index in [0.717, 1.165) is 11.1 Å². The van der Waals surface area contributed by atoms with E-state index < -0.39 is 0 Å². The van der Waals surface area contributed by atoms with Gasteiger partial charge >= 0.3 is 0 Å². The zero-order valence-electron chi connectivity index (χ0n) is 12.6. The van der Waals surface area contributed by atoms with Crippen molar-refractivity contribution in [2.24, 2.45) is 0 Å². The monoisotopic (exact) mass is 404 g/mol.